The van der Waals surface area contributed by atoms with Gasteiger partial charge in [-0.25, -0.2) is 4.79 Å². The molecule has 0 unspecified atom stereocenters. The average molecular weight is 217 g/mol. The fourth-order valence-corrected chi connectivity index (χ4v) is 1.94. The fourth-order valence-electron chi connectivity index (χ4n) is 1.94. The smallest absolute Gasteiger partial charge is 0.331 e. The van der Waals surface area contributed by atoms with E-state index in [1.165, 1.54) is 37.2 Å². The quantitative estimate of drug-likeness (QED) is 0.623. The van der Waals surface area contributed by atoms with Crippen LogP contribution < -0.4 is 5.32 Å². The molecule has 0 bridgehead atoms. The summed E-state index contributed by atoms with van der Waals surface area (Å²) in [6, 6.07) is 6.33. The molecule has 16 heavy (non-hydrogen) atoms. The molecule has 0 aromatic heterocycles. The monoisotopic (exact) mass is 217 g/mol. The van der Waals surface area contributed by atoms with Crippen LogP contribution in [0.15, 0.2) is 30.5 Å². The number of hydrogen-bond donors (Lipinski definition) is 1. The lowest BCUT2D eigenvalue weighted by atomic mass is 10.1. The molecule has 3 nitrogen and oxygen atoms in total. The van der Waals surface area contributed by atoms with Gasteiger partial charge in [0.2, 0.25) is 0 Å². The highest BCUT2D eigenvalue weighted by Gasteiger charge is 2.09. The zero-order valence-electron chi connectivity index (χ0n) is 9.32. The highest BCUT2D eigenvalue weighted by atomic mass is 16.5. The van der Waals surface area contributed by atoms with E-state index in [-0.39, 0.29) is 5.97 Å². The van der Waals surface area contributed by atoms with Gasteiger partial charge in [0.25, 0.3) is 0 Å². The van der Waals surface area contributed by atoms with Crippen molar-refractivity contribution in [3.05, 3.63) is 41.6 Å². The molecule has 1 aliphatic carbocycles. The van der Waals surface area contributed by atoms with Crippen LogP contribution in [-0.2, 0) is 22.4 Å². The zero-order chi connectivity index (χ0) is 11.4. The maximum Gasteiger partial charge on any atom is 0.331 e. The van der Waals surface area contributed by atoms with Gasteiger partial charge in [-0.15, -0.1) is 0 Å². The molecule has 0 atom stereocenters. The van der Waals surface area contributed by atoms with Crippen molar-refractivity contribution in [2.75, 3.05) is 12.4 Å². The van der Waals surface area contributed by atoms with Crippen LogP contribution >= 0.6 is 0 Å². The van der Waals surface area contributed by atoms with Gasteiger partial charge in [0.15, 0.2) is 0 Å². The Morgan fingerprint density at radius 2 is 2.19 bits per heavy atom. The predicted molar refractivity (Wildman–Crippen MR) is 63.2 cm³/mol. The number of carbonyl (C=O) groups excluding carboxylic acids is 1. The summed E-state index contributed by atoms with van der Waals surface area (Å²) in [5.41, 5.74) is 3.87. The number of carbonyl (C=O) groups is 1. The van der Waals surface area contributed by atoms with Crippen LogP contribution in [-0.4, -0.2) is 13.1 Å². The fraction of sp³-hybridized carbons (Fsp3) is 0.308. The van der Waals surface area contributed by atoms with Gasteiger partial charge in [-0.3, -0.25) is 0 Å². The molecule has 1 aromatic rings. The van der Waals surface area contributed by atoms with Crippen molar-refractivity contribution in [1.29, 1.82) is 0 Å². The van der Waals surface area contributed by atoms with Crippen LogP contribution in [0, 0.1) is 0 Å². The predicted octanol–water partition coefficient (Wildman–Crippen LogP) is 2.27. The molecule has 0 aliphatic heterocycles. The van der Waals surface area contributed by atoms with E-state index in [0.717, 1.165) is 12.1 Å². The Morgan fingerprint density at radius 1 is 1.38 bits per heavy atom. The van der Waals surface area contributed by atoms with Crippen LogP contribution in [0.4, 0.5) is 5.69 Å². The molecule has 0 spiro atoms. The number of nitrogens with one attached hydrogen (secondary N) is 1. The largest absolute Gasteiger partial charge is 0.466 e. The number of fused-ring (bicyclic) bond motifs is 1. The molecule has 1 N–H and O–H groups in total. The number of aryl methyl sites for hydroxylation is 2. The molecule has 0 heterocycles. The zero-order valence-corrected chi connectivity index (χ0v) is 9.32. The average Bonchev–Trinajstić information content (AvgIpc) is 2.76. The van der Waals surface area contributed by atoms with Gasteiger partial charge < -0.3 is 10.1 Å². The lowest BCUT2D eigenvalue weighted by molar-refractivity contribution is -0.134. The Balaban J connectivity index is 2.00. The molecule has 0 fully saturated rings. The number of rotatable bonds is 3. The Kier molecular flexibility index (Phi) is 3.25. The topological polar surface area (TPSA) is 38.3 Å². The van der Waals surface area contributed by atoms with E-state index in [2.05, 4.69) is 22.2 Å². The highest BCUT2D eigenvalue weighted by Crippen LogP contribution is 2.24. The second-order valence-corrected chi connectivity index (χ2v) is 3.84. The lowest BCUT2D eigenvalue weighted by Gasteiger charge is -2.04. The van der Waals surface area contributed by atoms with Crippen molar-refractivity contribution in [2.45, 2.75) is 19.3 Å². The maximum absolute atomic E-state index is 10.8. The van der Waals surface area contributed by atoms with Crippen LogP contribution in [0.1, 0.15) is 17.5 Å². The van der Waals surface area contributed by atoms with Gasteiger partial charge >= 0.3 is 5.97 Å². The van der Waals surface area contributed by atoms with Crippen LogP contribution in [0.25, 0.3) is 0 Å². The summed E-state index contributed by atoms with van der Waals surface area (Å²) in [5, 5.41) is 3.06. The number of anilines is 1. The van der Waals surface area contributed by atoms with Crippen LogP contribution in [0.5, 0.6) is 0 Å². The van der Waals surface area contributed by atoms with E-state index in [1.54, 1.807) is 6.20 Å². The molecule has 84 valence electrons. The summed E-state index contributed by atoms with van der Waals surface area (Å²) in [6.45, 7) is 0. The number of hydrogen-bond acceptors (Lipinski definition) is 3. The standard InChI is InChI=1S/C13H15NO2/c1-16-13(15)7-8-14-12-6-5-10-3-2-4-11(10)9-12/h5-9,14H,2-4H2,1H3/b8-7+. The molecule has 0 radical (unpaired) electrons. The summed E-state index contributed by atoms with van der Waals surface area (Å²) in [7, 11) is 1.36. The SMILES string of the molecule is COC(=O)/C=C/Nc1ccc2c(c1)CCC2. The van der Waals surface area contributed by atoms with E-state index in [0.29, 0.717) is 0 Å². The molecular weight excluding hydrogens is 202 g/mol. The first-order valence-electron chi connectivity index (χ1n) is 5.42. The van der Waals surface area contributed by atoms with E-state index in [4.69, 9.17) is 0 Å². The lowest BCUT2D eigenvalue weighted by Crippen LogP contribution is -1.96. The van der Waals surface area contributed by atoms with Gasteiger partial charge in [0, 0.05) is 18.0 Å². The van der Waals surface area contributed by atoms with Gasteiger partial charge in [-0.05, 0) is 42.5 Å². The van der Waals surface area contributed by atoms with Crippen molar-refractivity contribution in [1.82, 2.24) is 0 Å². The number of methoxy groups -OCH3 is 1. The normalized spacial score (nSPS) is 13.8. The highest BCUT2D eigenvalue weighted by molar-refractivity contribution is 5.82. The summed E-state index contributed by atoms with van der Waals surface area (Å²) in [4.78, 5) is 10.8. The summed E-state index contributed by atoms with van der Waals surface area (Å²) in [6.07, 6.45) is 6.56. The van der Waals surface area contributed by atoms with E-state index in [1.807, 2.05) is 6.07 Å². The Hall–Kier alpha value is -1.77. The maximum atomic E-state index is 10.8. The first-order chi connectivity index (χ1) is 7.79. The van der Waals surface area contributed by atoms with E-state index in [9.17, 15) is 4.79 Å². The van der Waals surface area contributed by atoms with Crippen molar-refractivity contribution in [3.8, 4) is 0 Å². The van der Waals surface area contributed by atoms with Crippen LogP contribution in [0.3, 0.4) is 0 Å². The minimum atomic E-state index is -0.353. The van der Waals surface area contributed by atoms with E-state index < -0.39 is 0 Å². The number of esters is 1. The third-order valence-corrected chi connectivity index (χ3v) is 2.77. The number of ether oxygens (including phenoxy) is 1. The van der Waals surface area contributed by atoms with Crippen molar-refractivity contribution in [2.24, 2.45) is 0 Å². The molecule has 2 rings (SSSR count). The van der Waals surface area contributed by atoms with Gasteiger partial charge in [0.1, 0.15) is 0 Å². The molecule has 0 amide bonds. The molecule has 0 saturated carbocycles. The molecule has 1 aromatic carbocycles. The number of benzene rings is 1. The van der Waals surface area contributed by atoms with Gasteiger partial charge in [0.05, 0.1) is 7.11 Å². The molecule has 1 aliphatic rings. The summed E-state index contributed by atoms with van der Waals surface area (Å²) < 4.78 is 4.50. The second kappa shape index (κ2) is 4.84. The first kappa shape index (κ1) is 10.7. The summed E-state index contributed by atoms with van der Waals surface area (Å²) >= 11 is 0. The van der Waals surface area contributed by atoms with Crippen molar-refractivity contribution < 1.29 is 9.53 Å². The first-order valence-corrected chi connectivity index (χ1v) is 5.42. The van der Waals surface area contributed by atoms with Gasteiger partial charge in [-0.1, -0.05) is 6.07 Å². The van der Waals surface area contributed by atoms with Crippen LogP contribution in [0.2, 0.25) is 0 Å². The van der Waals surface area contributed by atoms with Crippen molar-refractivity contribution >= 4 is 11.7 Å². The Labute approximate surface area is 95.1 Å². The van der Waals surface area contributed by atoms with Crippen molar-refractivity contribution in [3.63, 3.8) is 0 Å². The third-order valence-electron chi connectivity index (χ3n) is 2.77. The van der Waals surface area contributed by atoms with Gasteiger partial charge in [-0.2, -0.15) is 0 Å². The molecular formula is C13H15NO2. The Bertz CT molecular complexity index is 424. The minimum absolute atomic E-state index is 0.353. The molecule has 3 heteroatoms. The Morgan fingerprint density at radius 3 is 3.00 bits per heavy atom. The van der Waals surface area contributed by atoms with E-state index >= 15 is 0 Å². The molecule has 0 saturated heterocycles. The second-order valence-electron chi connectivity index (χ2n) is 3.84. The minimum Gasteiger partial charge on any atom is -0.466 e. The third kappa shape index (κ3) is 2.42. The summed E-state index contributed by atoms with van der Waals surface area (Å²) in [5.74, 6) is -0.353.